The van der Waals surface area contributed by atoms with Gasteiger partial charge in [0.25, 0.3) is 10.0 Å². The van der Waals surface area contributed by atoms with E-state index in [4.69, 9.17) is 23.2 Å². The Kier molecular flexibility index (Phi) is 3.99. The van der Waals surface area contributed by atoms with Crippen LogP contribution in [0.1, 0.15) is 5.56 Å². The van der Waals surface area contributed by atoms with Crippen LogP contribution in [0.4, 0.5) is 5.69 Å². The Morgan fingerprint density at radius 3 is 2.47 bits per heavy atom. The summed E-state index contributed by atoms with van der Waals surface area (Å²) < 4.78 is 26.9. The number of sulfonamides is 1. The van der Waals surface area contributed by atoms with Gasteiger partial charge in [0.1, 0.15) is 4.90 Å². The summed E-state index contributed by atoms with van der Waals surface area (Å²) in [5, 5.41) is 0.239. The van der Waals surface area contributed by atoms with Gasteiger partial charge in [-0.2, -0.15) is 0 Å². The van der Waals surface area contributed by atoms with Crippen LogP contribution in [0, 0.1) is 6.92 Å². The second-order valence-corrected chi connectivity index (χ2v) is 6.25. The van der Waals surface area contributed by atoms with E-state index in [-0.39, 0.29) is 20.8 Å². The second-order valence-electron chi connectivity index (χ2n) is 3.83. The van der Waals surface area contributed by atoms with E-state index < -0.39 is 10.0 Å². The van der Waals surface area contributed by atoms with Gasteiger partial charge in [0, 0.05) is 6.20 Å². The number of aryl methyl sites for hydroxylation is 1. The molecule has 0 spiro atoms. The zero-order valence-electron chi connectivity index (χ0n) is 9.89. The van der Waals surface area contributed by atoms with Crippen LogP contribution in [0.25, 0.3) is 0 Å². The lowest BCUT2D eigenvalue weighted by Crippen LogP contribution is -2.14. The Morgan fingerprint density at radius 2 is 1.84 bits per heavy atom. The maximum Gasteiger partial charge on any atom is 0.263 e. The van der Waals surface area contributed by atoms with Crippen molar-refractivity contribution >= 4 is 38.9 Å². The van der Waals surface area contributed by atoms with Gasteiger partial charge in [-0.25, -0.2) is 13.4 Å². The minimum absolute atomic E-state index is 0.00372. The van der Waals surface area contributed by atoms with Crippen LogP contribution in [-0.4, -0.2) is 13.4 Å². The van der Waals surface area contributed by atoms with Crippen molar-refractivity contribution in [2.24, 2.45) is 0 Å². The summed E-state index contributed by atoms with van der Waals surface area (Å²) in [7, 11) is -3.80. The average Bonchev–Trinajstić information content (AvgIpc) is 2.34. The largest absolute Gasteiger partial charge is 0.276 e. The van der Waals surface area contributed by atoms with Crippen LogP contribution in [0.2, 0.25) is 10.2 Å². The summed E-state index contributed by atoms with van der Waals surface area (Å²) >= 11 is 11.8. The molecule has 100 valence electrons. The van der Waals surface area contributed by atoms with E-state index in [1.807, 2.05) is 0 Å². The lowest BCUT2D eigenvalue weighted by atomic mass is 10.3. The first-order chi connectivity index (χ1) is 8.92. The number of benzene rings is 1. The number of aromatic nitrogens is 1. The normalized spacial score (nSPS) is 11.3. The molecule has 1 aromatic carbocycles. The van der Waals surface area contributed by atoms with Crippen molar-refractivity contribution in [2.45, 2.75) is 11.8 Å². The van der Waals surface area contributed by atoms with Gasteiger partial charge in [-0.1, -0.05) is 35.3 Å². The van der Waals surface area contributed by atoms with E-state index >= 15 is 0 Å². The third kappa shape index (κ3) is 3.00. The topological polar surface area (TPSA) is 59.1 Å². The molecule has 7 heteroatoms. The Morgan fingerprint density at radius 1 is 1.16 bits per heavy atom. The predicted octanol–water partition coefficient (Wildman–Crippen LogP) is 3.50. The van der Waals surface area contributed by atoms with Gasteiger partial charge in [-0.05, 0) is 30.7 Å². The van der Waals surface area contributed by atoms with Crippen molar-refractivity contribution in [1.82, 2.24) is 4.98 Å². The summed E-state index contributed by atoms with van der Waals surface area (Å²) in [4.78, 5) is 3.84. The van der Waals surface area contributed by atoms with E-state index in [0.29, 0.717) is 5.56 Å². The summed E-state index contributed by atoms with van der Waals surface area (Å²) in [6.45, 7) is 1.73. The molecule has 19 heavy (non-hydrogen) atoms. The van der Waals surface area contributed by atoms with Crippen LogP contribution in [0.5, 0.6) is 0 Å². The van der Waals surface area contributed by atoms with Gasteiger partial charge >= 0.3 is 0 Å². The molecular formula is C12H10Cl2N2O2S. The summed E-state index contributed by atoms with van der Waals surface area (Å²) in [6, 6.07) is 7.84. The number of hydrogen-bond donors (Lipinski definition) is 1. The molecule has 0 atom stereocenters. The molecule has 0 saturated heterocycles. The van der Waals surface area contributed by atoms with Crippen molar-refractivity contribution in [3.8, 4) is 0 Å². The molecule has 0 aliphatic heterocycles. The SMILES string of the molecule is Cc1ccnc(Cl)c1NS(=O)(=O)c1ccccc1Cl. The Balaban J connectivity index is 2.46. The number of nitrogens with one attached hydrogen (secondary N) is 1. The molecule has 1 heterocycles. The molecule has 0 amide bonds. The number of anilines is 1. The standard InChI is InChI=1S/C12H10Cl2N2O2S/c1-8-6-7-15-12(14)11(8)16-19(17,18)10-5-3-2-4-9(10)13/h2-7,16H,1H3. The van der Waals surface area contributed by atoms with E-state index in [1.165, 1.54) is 18.3 Å². The minimum atomic E-state index is -3.80. The van der Waals surface area contributed by atoms with Crippen molar-refractivity contribution in [3.63, 3.8) is 0 Å². The lowest BCUT2D eigenvalue weighted by molar-refractivity contribution is 0.601. The first-order valence-corrected chi connectivity index (χ1v) is 7.54. The van der Waals surface area contributed by atoms with Gasteiger partial charge in [-0.3, -0.25) is 4.72 Å². The molecule has 0 unspecified atom stereocenters. The van der Waals surface area contributed by atoms with Crippen LogP contribution in [0.3, 0.4) is 0 Å². The molecule has 0 saturated carbocycles. The van der Waals surface area contributed by atoms with Crippen molar-refractivity contribution < 1.29 is 8.42 Å². The van der Waals surface area contributed by atoms with Gasteiger partial charge in [0.15, 0.2) is 5.15 Å². The first kappa shape index (κ1) is 14.1. The predicted molar refractivity (Wildman–Crippen MR) is 76.2 cm³/mol. The molecule has 2 aromatic rings. The van der Waals surface area contributed by atoms with Crippen LogP contribution >= 0.6 is 23.2 Å². The molecule has 1 N–H and O–H groups in total. The van der Waals surface area contributed by atoms with Gasteiger partial charge in [0.05, 0.1) is 10.7 Å². The number of nitrogens with zero attached hydrogens (tertiary/aromatic N) is 1. The summed E-state index contributed by atoms with van der Waals surface area (Å²) in [6.07, 6.45) is 1.50. The number of pyridine rings is 1. The summed E-state index contributed by atoms with van der Waals surface area (Å²) in [5.74, 6) is 0. The number of rotatable bonds is 3. The van der Waals surface area contributed by atoms with E-state index in [1.54, 1.807) is 25.1 Å². The first-order valence-electron chi connectivity index (χ1n) is 5.30. The Bertz CT molecular complexity index is 697. The fraction of sp³-hybridized carbons (Fsp3) is 0.0833. The Labute approximate surface area is 121 Å². The lowest BCUT2D eigenvalue weighted by Gasteiger charge is -2.12. The third-order valence-corrected chi connectivity index (χ3v) is 4.61. The number of hydrogen-bond acceptors (Lipinski definition) is 3. The van der Waals surface area contributed by atoms with E-state index in [0.717, 1.165) is 0 Å². The van der Waals surface area contributed by atoms with E-state index in [2.05, 4.69) is 9.71 Å². The molecule has 1 aromatic heterocycles. The fourth-order valence-corrected chi connectivity index (χ4v) is 3.47. The second kappa shape index (κ2) is 5.36. The van der Waals surface area contributed by atoms with Crippen LogP contribution in [0.15, 0.2) is 41.4 Å². The molecule has 0 fully saturated rings. The zero-order chi connectivity index (χ0) is 14.0. The molecule has 0 aliphatic rings. The molecular weight excluding hydrogens is 307 g/mol. The van der Waals surface area contributed by atoms with Crippen molar-refractivity contribution in [1.29, 1.82) is 0 Å². The summed E-state index contributed by atoms with van der Waals surface area (Å²) in [5.41, 5.74) is 0.930. The van der Waals surface area contributed by atoms with Gasteiger partial charge in [-0.15, -0.1) is 0 Å². The molecule has 0 radical (unpaired) electrons. The highest BCUT2D eigenvalue weighted by Crippen LogP contribution is 2.28. The number of halogens is 2. The van der Waals surface area contributed by atoms with Crippen LogP contribution in [-0.2, 0) is 10.0 Å². The highest BCUT2D eigenvalue weighted by atomic mass is 35.5. The van der Waals surface area contributed by atoms with Crippen molar-refractivity contribution in [3.05, 3.63) is 52.3 Å². The average molecular weight is 317 g/mol. The maximum atomic E-state index is 12.2. The molecule has 0 bridgehead atoms. The Hall–Kier alpha value is -1.30. The highest BCUT2D eigenvalue weighted by molar-refractivity contribution is 7.92. The minimum Gasteiger partial charge on any atom is -0.276 e. The maximum absolute atomic E-state index is 12.2. The smallest absolute Gasteiger partial charge is 0.263 e. The monoisotopic (exact) mass is 316 g/mol. The molecule has 4 nitrogen and oxygen atoms in total. The van der Waals surface area contributed by atoms with Gasteiger partial charge < -0.3 is 0 Å². The van der Waals surface area contributed by atoms with Crippen molar-refractivity contribution in [2.75, 3.05) is 4.72 Å². The van der Waals surface area contributed by atoms with Gasteiger partial charge in [0.2, 0.25) is 0 Å². The highest BCUT2D eigenvalue weighted by Gasteiger charge is 2.19. The quantitative estimate of drug-likeness (QED) is 0.882. The van der Waals surface area contributed by atoms with Crippen LogP contribution < -0.4 is 4.72 Å². The zero-order valence-corrected chi connectivity index (χ0v) is 12.2. The fourth-order valence-electron chi connectivity index (χ4n) is 1.50. The van der Waals surface area contributed by atoms with E-state index in [9.17, 15) is 8.42 Å². The molecule has 2 rings (SSSR count). The third-order valence-electron chi connectivity index (χ3n) is 2.48. The molecule has 0 aliphatic carbocycles.